The van der Waals surface area contributed by atoms with Crippen LogP contribution in [0.3, 0.4) is 0 Å². The Morgan fingerprint density at radius 3 is 2.95 bits per heavy atom. The van der Waals surface area contributed by atoms with Gasteiger partial charge in [-0.15, -0.1) is 0 Å². The number of carbonyl (C=O) groups is 1. The maximum absolute atomic E-state index is 11.1. The van der Waals surface area contributed by atoms with E-state index in [9.17, 15) is 4.79 Å². The number of anilines is 1. The van der Waals surface area contributed by atoms with Crippen molar-refractivity contribution < 1.29 is 14.6 Å². The third-order valence-electron chi connectivity index (χ3n) is 3.24. The summed E-state index contributed by atoms with van der Waals surface area (Å²) in [4.78, 5) is 11.1. The van der Waals surface area contributed by atoms with Crippen LogP contribution in [0.25, 0.3) is 0 Å². The first-order chi connectivity index (χ1) is 9.16. The minimum Gasteiger partial charge on any atom is -0.478 e. The van der Waals surface area contributed by atoms with Crippen LogP contribution in [-0.4, -0.2) is 30.8 Å². The minimum absolute atomic E-state index is 0.324. The summed E-state index contributed by atoms with van der Waals surface area (Å²) in [6, 6.07) is 5.32. The van der Waals surface area contributed by atoms with Crippen molar-refractivity contribution in [2.24, 2.45) is 5.92 Å². The summed E-state index contributed by atoms with van der Waals surface area (Å²) >= 11 is 0. The summed E-state index contributed by atoms with van der Waals surface area (Å²) < 4.78 is 5.54. The van der Waals surface area contributed by atoms with Gasteiger partial charge >= 0.3 is 5.97 Å². The highest BCUT2D eigenvalue weighted by molar-refractivity contribution is 5.94. The van der Waals surface area contributed by atoms with Crippen molar-refractivity contribution in [3.63, 3.8) is 0 Å². The van der Waals surface area contributed by atoms with Crippen LogP contribution >= 0.6 is 0 Å². The van der Waals surface area contributed by atoms with E-state index in [0.29, 0.717) is 11.3 Å². The lowest BCUT2D eigenvalue weighted by molar-refractivity contribution is 0.0698. The predicted octanol–water partition coefficient (Wildman–Crippen LogP) is 2.92. The summed E-state index contributed by atoms with van der Waals surface area (Å²) in [5.41, 5.74) is 2.07. The number of hydrogen-bond donors (Lipinski definition) is 2. The monoisotopic (exact) mass is 263 g/mol. The number of hydrogen-bond acceptors (Lipinski definition) is 3. The number of carboxylic acid groups (broad SMARTS) is 1. The van der Waals surface area contributed by atoms with Gasteiger partial charge in [0.05, 0.1) is 5.56 Å². The fourth-order valence-corrected chi connectivity index (χ4v) is 1.92. The van der Waals surface area contributed by atoms with Gasteiger partial charge in [-0.25, -0.2) is 4.79 Å². The molecular weight excluding hydrogens is 242 g/mol. The maximum atomic E-state index is 11.1. The number of rotatable bonds is 8. The molecule has 1 aromatic carbocycles. The van der Waals surface area contributed by atoms with E-state index < -0.39 is 5.97 Å². The Morgan fingerprint density at radius 2 is 2.26 bits per heavy atom. The molecule has 0 amide bonds. The van der Waals surface area contributed by atoms with Gasteiger partial charge in [0.2, 0.25) is 0 Å². The van der Waals surface area contributed by atoms with E-state index in [0.717, 1.165) is 37.7 Å². The number of aromatic carboxylic acids is 1. The van der Waals surface area contributed by atoms with Gasteiger partial charge in [-0.3, -0.25) is 0 Å². The molecular formula is C15H21NO3. The molecule has 0 saturated heterocycles. The van der Waals surface area contributed by atoms with Crippen molar-refractivity contribution >= 4 is 11.7 Å². The summed E-state index contributed by atoms with van der Waals surface area (Å²) in [5, 5.41) is 12.3. The second-order valence-corrected chi connectivity index (χ2v) is 5.15. The van der Waals surface area contributed by atoms with Gasteiger partial charge in [0.25, 0.3) is 0 Å². The first-order valence-electron chi connectivity index (χ1n) is 6.82. The SMILES string of the molecule is Cc1ccc(C(=O)O)c(NCCCOCC2CC2)c1. The van der Waals surface area contributed by atoms with Gasteiger partial charge in [-0.2, -0.15) is 0 Å². The van der Waals surface area contributed by atoms with Crippen LogP contribution in [0.15, 0.2) is 18.2 Å². The van der Waals surface area contributed by atoms with Crippen molar-refractivity contribution in [2.75, 3.05) is 25.1 Å². The largest absolute Gasteiger partial charge is 0.478 e. The van der Waals surface area contributed by atoms with Gasteiger partial charge in [0.1, 0.15) is 0 Å². The quantitative estimate of drug-likeness (QED) is 0.708. The molecule has 0 heterocycles. The Hall–Kier alpha value is -1.55. The third-order valence-corrected chi connectivity index (χ3v) is 3.24. The number of nitrogens with one attached hydrogen (secondary N) is 1. The smallest absolute Gasteiger partial charge is 0.337 e. The molecule has 104 valence electrons. The summed E-state index contributed by atoms with van der Waals surface area (Å²) in [6.45, 7) is 4.30. The molecule has 0 aliphatic heterocycles. The van der Waals surface area contributed by atoms with Crippen molar-refractivity contribution in [3.05, 3.63) is 29.3 Å². The highest BCUT2D eigenvalue weighted by atomic mass is 16.5. The van der Waals surface area contributed by atoms with E-state index in [2.05, 4.69) is 5.32 Å². The normalized spacial score (nSPS) is 14.4. The molecule has 2 rings (SSSR count). The lowest BCUT2D eigenvalue weighted by atomic mass is 10.1. The van der Waals surface area contributed by atoms with Crippen LogP contribution in [0, 0.1) is 12.8 Å². The van der Waals surface area contributed by atoms with E-state index in [1.807, 2.05) is 19.1 Å². The van der Waals surface area contributed by atoms with E-state index in [1.54, 1.807) is 6.07 Å². The van der Waals surface area contributed by atoms with E-state index in [1.165, 1.54) is 12.8 Å². The van der Waals surface area contributed by atoms with Crippen LogP contribution < -0.4 is 5.32 Å². The van der Waals surface area contributed by atoms with Crippen molar-refractivity contribution in [1.29, 1.82) is 0 Å². The topological polar surface area (TPSA) is 58.6 Å². The Bertz CT molecular complexity index is 441. The zero-order chi connectivity index (χ0) is 13.7. The first-order valence-corrected chi connectivity index (χ1v) is 6.82. The van der Waals surface area contributed by atoms with Crippen molar-refractivity contribution in [2.45, 2.75) is 26.2 Å². The molecule has 0 radical (unpaired) electrons. The summed E-state index contributed by atoms with van der Waals surface area (Å²) in [7, 11) is 0. The van der Waals surface area contributed by atoms with E-state index >= 15 is 0 Å². The average Bonchev–Trinajstić information content (AvgIpc) is 3.17. The first kappa shape index (κ1) is 13.9. The number of benzene rings is 1. The van der Waals surface area contributed by atoms with Gasteiger partial charge in [-0.05, 0) is 49.8 Å². The number of aryl methyl sites for hydroxylation is 1. The Morgan fingerprint density at radius 1 is 1.47 bits per heavy atom. The molecule has 0 atom stereocenters. The number of ether oxygens (including phenoxy) is 1. The fourth-order valence-electron chi connectivity index (χ4n) is 1.92. The van der Waals surface area contributed by atoms with Gasteiger partial charge < -0.3 is 15.2 Å². The Labute approximate surface area is 113 Å². The second-order valence-electron chi connectivity index (χ2n) is 5.15. The predicted molar refractivity (Wildman–Crippen MR) is 74.8 cm³/mol. The standard InChI is InChI=1S/C15H21NO3/c1-11-3-6-13(15(17)18)14(9-11)16-7-2-8-19-10-12-4-5-12/h3,6,9,12,16H,2,4-5,7-8,10H2,1H3,(H,17,18). The zero-order valence-electron chi connectivity index (χ0n) is 11.3. The maximum Gasteiger partial charge on any atom is 0.337 e. The van der Waals surface area contributed by atoms with Crippen LogP contribution in [0.2, 0.25) is 0 Å². The summed E-state index contributed by atoms with van der Waals surface area (Å²) in [5.74, 6) is -0.101. The average molecular weight is 263 g/mol. The molecule has 4 heteroatoms. The molecule has 19 heavy (non-hydrogen) atoms. The fraction of sp³-hybridized carbons (Fsp3) is 0.533. The van der Waals surface area contributed by atoms with E-state index in [4.69, 9.17) is 9.84 Å². The zero-order valence-corrected chi connectivity index (χ0v) is 11.3. The lowest BCUT2D eigenvalue weighted by Crippen LogP contribution is -2.10. The highest BCUT2D eigenvalue weighted by Gasteiger charge is 2.20. The van der Waals surface area contributed by atoms with Crippen LogP contribution in [-0.2, 0) is 4.74 Å². The van der Waals surface area contributed by atoms with E-state index in [-0.39, 0.29) is 0 Å². The van der Waals surface area contributed by atoms with Crippen LogP contribution in [0.4, 0.5) is 5.69 Å². The van der Waals surface area contributed by atoms with Gasteiger partial charge in [0.15, 0.2) is 0 Å². The molecule has 1 aliphatic rings. The minimum atomic E-state index is -0.896. The molecule has 1 fully saturated rings. The molecule has 0 aromatic heterocycles. The van der Waals surface area contributed by atoms with Gasteiger partial charge in [0, 0.05) is 25.4 Å². The molecule has 1 saturated carbocycles. The van der Waals surface area contributed by atoms with Crippen LogP contribution in [0.5, 0.6) is 0 Å². The van der Waals surface area contributed by atoms with Crippen molar-refractivity contribution in [1.82, 2.24) is 0 Å². The molecule has 2 N–H and O–H groups in total. The molecule has 4 nitrogen and oxygen atoms in total. The third kappa shape index (κ3) is 4.56. The molecule has 0 bridgehead atoms. The lowest BCUT2D eigenvalue weighted by Gasteiger charge is -2.10. The van der Waals surface area contributed by atoms with Gasteiger partial charge in [-0.1, -0.05) is 6.07 Å². The Kier molecular flexibility index (Phi) is 4.80. The molecule has 1 aliphatic carbocycles. The van der Waals surface area contributed by atoms with Crippen LogP contribution in [0.1, 0.15) is 35.2 Å². The molecule has 1 aromatic rings. The summed E-state index contributed by atoms with van der Waals surface area (Å²) in [6.07, 6.45) is 3.51. The van der Waals surface area contributed by atoms with Crippen molar-refractivity contribution in [3.8, 4) is 0 Å². The highest BCUT2D eigenvalue weighted by Crippen LogP contribution is 2.28. The second kappa shape index (κ2) is 6.57. The number of carboxylic acids is 1. The Balaban J connectivity index is 1.74. The molecule has 0 spiro atoms. The molecule has 0 unspecified atom stereocenters.